The number of likely N-dealkylation sites (tertiary alicyclic amines) is 1. The van der Waals surface area contributed by atoms with Gasteiger partial charge in [0.25, 0.3) is 0 Å². The van der Waals surface area contributed by atoms with Crippen molar-refractivity contribution in [3.8, 4) is 0 Å². The van der Waals surface area contributed by atoms with Gasteiger partial charge < -0.3 is 9.64 Å². The number of hydrogen-bond acceptors (Lipinski definition) is 3. The zero-order chi connectivity index (χ0) is 21.0. The topological polar surface area (TPSA) is 32.8 Å². The first-order chi connectivity index (χ1) is 13.7. The lowest BCUT2D eigenvalue weighted by molar-refractivity contribution is -0.138. The molecule has 4 nitrogen and oxygen atoms in total. The van der Waals surface area contributed by atoms with E-state index < -0.39 is 11.7 Å². The highest BCUT2D eigenvalue weighted by Gasteiger charge is 2.34. The molecule has 1 saturated heterocycles. The van der Waals surface area contributed by atoms with Crippen molar-refractivity contribution in [2.24, 2.45) is 5.92 Å². The van der Waals surface area contributed by atoms with Gasteiger partial charge >= 0.3 is 6.18 Å². The van der Waals surface area contributed by atoms with Gasteiger partial charge in [-0.1, -0.05) is 26.0 Å². The highest BCUT2D eigenvalue weighted by atomic mass is 19.4. The second-order valence-electron chi connectivity index (χ2n) is 8.65. The summed E-state index contributed by atoms with van der Waals surface area (Å²) in [6.45, 7) is 7.46. The summed E-state index contributed by atoms with van der Waals surface area (Å²) in [5, 5.41) is 0. The Morgan fingerprint density at radius 1 is 1.14 bits per heavy atom. The maximum atomic E-state index is 12.9. The van der Waals surface area contributed by atoms with Crippen molar-refractivity contribution < 1.29 is 22.7 Å². The molecule has 0 radical (unpaired) electrons. The molecule has 1 aliphatic heterocycles. The van der Waals surface area contributed by atoms with Gasteiger partial charge in [-0.3, -0.25) is 9.69 Å². The summed E-state index contributed by atoms with van der Waals surface area (Å²) in [5.74, 6) is 0.584. The molecule has 1 aromatic rings. The normalized spacial score (nSPS) is 19.0. The summed E-state index contributed by atoms with van der Waals surface area (Å²) in [5.41, 5.74) is 0.0761. The van der Waals surface area contributed by atoms with Gasteiger partial charge in [0.1, 0.15) is 0 Å². The lowest BCUT2D eigenvalue weighted by Gasteiger charge is -2.33. The number of carbonyl (C=O) groups is 1. The molecule has 2 fully saturated rings. The Labute approximate surface area is 171 Å². The number of amides is 1. The number of carbonyl (C=O) groups excluding carboxylic acids is 1. The van der Waals surface area contributed by atoms with Crippen LogP contribution >= 0.6 is 0 Å². The van der Waals surface area contributed by atoms with Gasteiger partial charge in [0.05, 0.1) is 18.2 Å². The summed E-state index contributed by atoms with van der Waals surface area (Å²) >= 11 is 0. The Balaban J connectivity index is 1.50. The molecule has 1 aromatic carbocycles. The summed E-state index contributed by atoms with van der Waals surface area (Å²) in [7, 11) is 0. The van der Waals surface area contributed by atoms with Crippen LogP contribution in [0, 0.1) is 5.92 Å². The largest absolute Gasteiger partial charge is 0.416 e. The van der Waals surface area contributed by atoms with Crippen LogP contribution in [0.15, 0.2) is 24.3 Å². The molecule has 0 bridgehead atoms. The van der Waals surface area contributed by atoms with E-state index in [0.717, 1.165) is 63.1 Å². The zero-order valence-electron chi connectivity index (χ0n) is 17.3. The fraction of sp³-hybridized carbons (Fsp3) is 0.682. The van der Waals surface area contributed by atoms with Gasteiger partial charge in [0, 0.05) is 32.3 Å². The molecule has 3 rings (SSSR count). The molecule has 1 heterocycles. The van der Waals surface area contributed by atoms with Gasteiger partial charge in [-0.2, -0.15) is 13.2 Å². The van der Waals surface area contributed by atoms with E-state index in [9.17, 15) is 18.0 Å². The summed E-state index contributed by atoms with van der Waals surface area (Å²) in [6, 6.07) is 5.35. The Hall–Kier alpha value is -1.60. The van der Waals surface area contributed by atoms with Gasteiger partial charge in [-0.05, 0) is 49.3 Å². The predicted octanol–water partition coefficient (Wildman–Crippen LogP) is 4.33. The summed E-state index contributed by atoms with van der Waals surface area (Å²) in [4.78, 5) is 16.9. The van der Waals surface area contributed by atoms with Gasteiger partial charge in [0.15, 0.2) is 0 Å². The first-order valence-electron chi connectivity index (χ1n) is 10.5. The number of piperidine rings is 1. The molecule has 0 unspecified atom stereocenters. The van der Waals surface area contributed by atoms with Crippen LogP contribution in [-0.4, -0.2) is 54.1 Å². The van der Waals surface area contributed by atoms with E-state index in [1.807, 2.05) is 4.90 Å². The highest BCUT2D eigenvalue weighted by molar-refractivity contribution is 5.79. The van der Waals surface area contributed by atoms with E-state index in [4.69, 9.17) is 4.74 Å². The van der Waals surface area contributed by atoms with Gasteiger partial charge in [-0.25, -0.2) is 0 Å². The van der Waals surface area contributed by atoms with Crippen LogP contribution in [0.2, 0.25) is 0 Å². The number of nitrogens with zero attached hydrogens (tertiary/aromatic N) is 2. The van der Waals surface area contributed by atoms with Crippen molar-refractivity contribution >= 4 is 5.91 Å². The predicted molar refractivity (Wildman–Crippen MR) is 105 cm³/mol. The first-order valence-corrected chi connectivity index (χ1v) is 10.5. The molecular weight excluding hydrogens is 381 g/mol. The van der Waals surface area contributed by atoms with E-state index in [0.29, 0.717) is 19.0 Å². The minimum Gasteiger partial charge on any atom is -0.378 e. The third-order valence-corrected chi connectivity index (χ3v) is 5.50. The van der Waals surface area contributed by atoms with Crippen molar-refractivity contribution in [3.63, 3.8) is 0 Å². The van der Waals surface area contributed by atoms with Crippen molar-refractivity contribution in [2.75, 3.05) is 26.2 Å². The van der Waals surface area contributed by atoms with Gasteiger partial charge in [0.2, 0.25) is 5.91 Å². The van der Waals surface area contributed by atoms with Crippen molar-refractivity contribution in [2.45, 2.75) is 64.4 Å². The molecule has 0 N–H and O–H groups in total. The minimum atomic E-state index is -4.34. The van der Waals surface area contributed by atoms with Gasteiger partial charge in [-0.15, -0.1) is 0 Å². The van der Waals surface area contributed by atoms with Crippen LogP contribution < -0.4 is 0 Å². The first kappa shape index (κ1) is 22.1. The number of hydrogen-bond donors (Lipinski definition) is 0. The molecule has 0 atom stereocenters. The van der Waals surface area contributed by atoms with Crippen LogP contribution in [0.3, 0.4) is 0 Å². The average Bonchev–Trinajstić information content (AvgIpc) is 3.50. The molecule has 162 valence electrons. The van der Waals surface area contributed by atoms with Crippen LogP contribution in [0.4, 0.5) is 13.2 Å². The molecule has 1 amide bonds. The Bertz CT molecular complexity index is 664. The number of benzene rings is 1. The monoisotopic (exact) mass is 412 g/mol. The highest BCUT2D eigenvalue weighted by Crippen LogP contribution is 2.31. The molecule has 1 saturated carbocycles. The van der Waals surface area contributed by atoms with Crippen LogP contribution in [0.1, 0.15) is 50.7 Å². The van der Waals surface area contributed by atoms with E-state index in [1.54, 1.807) is 0 Å². The van der Waals surface area contributed by atoms with Crippen LogP contribution in [0.25, 0.3) is 0 Å². The van der Waals surface area contributed by atoms with E-state index in [-0.39, 0.29) is 18.1 Å². The molecule has 0 aromatic heterocycles. The summed E-state index contributed by atoms with van der Waals surface area (Å²) < 4.78 is 44.1. The maximum Gasteiger partial charge on any atom is 0.416 e. The fourth-order valence-electron chi connectivity index (χ4n) is 3.65. The zero-order valence-corrected chi connectivity index (χ0v) is 17.3. The van der Waals surface area contributed by atoms with Crippen molar-refractivity contribution in [3.05, 3.63) is 35.4 Å². The number of halogens is 3. The van der Waals surface area contributed by atoms with E-state index in [1.165, 1.54) is 12.1 Å². The average molecular weight is 412 g/mol. The Morgan fingerprint density at radius 2 is 1.76 bits per heavy atom. The van der Waals surface area contributed by atoms with Crippen LogP contribution in [0.5, 0.6) is 0 Å². The molecule has 2 aliphatic rings. The van der Waals surface area contributed by atoms with Crippen molar-refractivity contribution in [1.82, 2.24) is 9.80 Å². The smallest absolute Gasteiger partial charge is 0.378 e. The Kier molecular flexibility index (Phi) is 7.22. The molecule has 29 heavy (non-hydrogen) atoms. The molecule has 0 spiro atoms. The third-order valence-electron chi connectivity index (χ3n) is 5.50. The van der Waals surface area contributed by atoms with Crippen molar-refractivity contribution in [1.29, 1.82) is 0 Å². The van der Waals surface area contributed by atoms with Crippen LogP contribution in [-0.2, 0) is 22.3 Å². The quantitative estimate of drug-likeness (QED) is 0.637. The summed E-state index contributed by atoms with van der Waals surface area (Å²) in [6.07, 6.45) is -0.259. The SMILES string of the molecule is CC(C)COC1CCN(CC(=O)N(Cc2ccc(C(F)(F)F)cc2)C2CC2)CC1. The second-order valence-corrected chi connectivity index (χ2v) is 8.65. The maximum absolute atomic E-state index is 12.9. The van der Waals surface area contributed by atoms with E-state index >= 15 is 0 Å². The standard InChI is InChI=1S/C22H31F3N2O2/c1-16(2)15-29-20-9-11-26(12-10-20)14-21(28)27(19-7-8-19)13-17-3-5-18(6-4-17)22(23,24)25/h3-6,16,19-20H,7-15H2,1-2H3. The Morgan fingerprint density at radius 3 is 2.28 bits per heavy atom. The third kappa shape index (κ3) is 6.71. The molecule has 7 heteroatoms. The minimum absolute atomic E-state index is 0.0638. The van der Waals surface area contributed by atoms with E-state index in [2.05, 4.69) is 18.7 Å². The number of alkyl halides is 3. The molecular formula is C22H31F3N2O2. The number of ether oxygens (including phenoxy) is 1. The lowest BCUT2D eigenvalue weighted by atomic mass is 10.1. The molecule has 1 aliphatic carbocycles. The fourth-order valence-corrected chi connectivity index (χ4v) is 3.65. The second kappa shape index (κ2) is 9.47. The lowest BCUT2D eigenvalue weighted by Crippen LogP contribution is -2.45. The number of rotatable bonds is 8.